The summed E-state index contributed by atoms with van der Waals surface area (Å²) in [6.07, 6.45) is -1.84. The molecule has 0 unspecified atom stereocenters. The van der Waals surface area contributed by atoms with Gasteiger partial charge in [0.2, 0.25) is 0 Å². The van der Waals surface area contributed by atoms with Crippen molar-refractivity contribution in [2.24, 2.45) is 0 Å². The predicted molar refractivity (Wildman–Crippen MR) is 56.3 cm³/mol. The molecule has 0 fully saturated rings. The predicted octanol–water partition coefficient (Wildman–Crippen LogP) is 1.20. The van der Waals surface area contributed by atoms with Crippen molar-refractivity contribution < 1.29 is 27.2 Å². The third kappa shape index (κ3) is 4.60. The van der Waals surface area contributed by atoms with Gasteiger partial charge in [-0.25, -0.2) is 9.59 Å². The van der Waals surface area contributed by atoms with E-state index in [4.69, 9.17) is 0 Å². The molecule has 0 radical (unpaired) electrons. The first-order valence-corrected chi connectivity index (χ1v) is 5.24. The molecule has 1 rings (SSSR count). The number of hydrogen-bond donors (Lipinski definition) is 0. The van der Waals surface area contributed by atoms with Crippen molar-refractivity contribution >= 4 is 5.97 Å². The number of rotatable bonds is 5. The maximum absolute atomic E-state index is 11.8. The van der Waals surface area contributed by atoms with E-state index >= 15 is 0 Å². The first-order chi connectivity index (χ1) is 8.82. The van der Waals surface area contributed by atoms with Gasteiger partial charge in [-0.1, -0.05) is 17.3 Å². The number of carbonyl (C=O) groups is 1. The summed E-state index contributed by atoms with van der Waals surface area (Å²) < 4.78 is 44.8. The summed E-state index contributed by atoms with van der Waals surface area (Å²) in [5, 5.41) is 3.43. The van der Waals surface area contributed by atoms with Crippen molar-refractivity contribution in [2.45, 2.75) is 26.1 Å². The van der Waals surface area contributed by atoms with Crippen molar-refractivity contribution in [3.8, 4) is 0 Å². The van der Waals surface area contributed by atoms with E-state index in [2.05, 4.69) is 14.4 Å². The maximum Gasteiger partial charge on any atom is 0.490 e. The number of ether oxygens (including phenoxy) is 1. The number of halogens is 3. The highest BCUT2D eigenvalue weighted by Gasteiger charge is 2.40. The van der Waals surface area contributed by atoms with Gasteiger partial charge in [0, 0.05) is 6.54 Å². The number of aryl methyl sites for hydroxylation is 1. The SMILES string of the molecule is Cc1noc(=O)n1C/C=C\CCOC(=O)C(F)(F)F. The van der Waals surface area contributed by atoms with Crippen LogP contribution in [-0.2, 0) is 16.1 Å². The highest BCUT2D eigenvalue weighted by molar-refractivity contribution is 5.75. The molecule has 0 aliphatic rings. The Morgan fingerprint density at radius 1 is 1.47 bits per heavy atom. The molecule has 1 aromatic heterocycles. The van der Waals surface area contributed by atoms with Gasteiger partial charge in [0.1, 0.15) is 0 Å². The standard InChI is InChI=1S/C10H11F3N2O4/c1-7-14-19-9(17)15(7)5-3-2-4-6-18-8(16)10(11,12)13/h2-3H,4-6H2,1H3/b3-2-. The second-order valence-electron chi connectivity index (χ2n) is 3.50. The minimum absolute atomic E-state index is 0.112. The Bertz CT molecular complexity index is 516. The van der Waals surface area contributed by atoms with Gasteiger partial charge in [0.15, 0.2) is 5.82 Å². The second-order valence-corrected chi connectivity index (χ2v) is 3.50. The first-order valence-electron chi connectivity index (χ1n) is 5.24. The maximum atomic E-state index is 11.8. The van der Waals surface area contributed by atoms with Crippen molar-refractivity contribution in [3.63, 3.8) is 0 Å². The number of allylic oxidation sites excluding steroid dienone is 1. The summed E-state index contributed by atoms with van der Waals surface area (Å²) in [6, 6.07) is 0. The van der Waals surface area contributed by atoms with E-state index in [0.717, 1.165) is 0 Å². The fourth-order valence-corrected chi connectivity index (χ4v) is 1.14. The third-order valence-corrected chi connectivity index (χ3v) is 2.07. The lowest BCUT2D eigenvalue weighted by molar-refractivity contribution is -0.199. The van der Waals surface area contributed by atoms with Crippen LogP contribution < -0.4 is 5.76 Å². The fourth-order valence-electron chi connectivity index (χ4n) is 1.14. The van der Waals surface area contributed by atoms with Crippen LogP contribution >= 0.6 is 0 Å². The van der Waals surface area contributed by atoms with Crippen LogP contribution in [0, 0.1) is 6.92 Å². The van der Waals surface area contributed by atoms with Crippen LogP contribution in [0.3, 0.4) is 0 Å². The summed E-state index contributed by atoms with van der Waals surface area (Å²) in [5.74, 6) is -2.45. The Hall–Kier alpha value is -2.06. The molecule has 0 saturated heterocycles. The number of carbonyl (C=O) groups excluding carboxylic acids is 1. The Balaban J connectivity index is 2.29. The topological polar surface area (TPSA) is 74.3 Å². The molecule has 106 valence electrons. The van der Waals surface area contributed by atoms with Crippen molar-refractivity contribution in [1.29, 1.82) is 0 Å². The van der Waals surface area contributed by atoms with Crippen LogP contribution in [0.4, 0.5) is 13.2 Å². The number of esters is 1. The lowest BCUT2D eigenvalue weighted by Crippen LogP contribution is -2.25. The van der Waals surface area contributed by atoms with Gasteiger partial charge in [-0.15, -0.1) is 0 Å². The minimum atomic E-state index is -4.98. The molecule has 0 atom stereocenters. The number of hydrogen-bond acceptors (Lipinski definition) is 5. The monoisotopic (exact) mass is 280 g/mol. The molecule has 0 aromatic carbocycles. The van der Waals surface area contributed by atoms with Crippen LogP contribution in [-0.4, -0.2) is 28.5 Å². The Morgan fingerprint density at radius 2 is 2.16 bits per heavy atom. The van der Waals surface area contributed by atoms with E-state index in [1.165, 1.54) is 16.7 Å². The van der Waals surface area contributed by atoms with Crippen molar-refractivity contribution in [1.82, 2.24) is 9.72 Å². The van der Waals surface area contributed by atoms with Crippen LogP contribution in [0.1, 0.15) is 12.2 Å². The Kier molecular flexibility index (Phi) is 4.90. The molecule has 0 saturated carbocycles. The van der Waals surface area contributed by atoms with E-state index < -0.39 is 17.9 Å². The lowest BCUT2D eigenvalue weighted by atomic mass is 10.4. The average molecular weight is 280 g/mol. The van der Waals surface area contributed by atoms with E-state index in [1.54, 1.807) is 6.92 Å². The second kappa shape index (κ2) is 6.21. The molecule has 0 bridgehead atoms. The summed E-state index contributed by atoms with van der Waals surface area (Å²) in [5.41, 5.74) is 0. The molecular weight excluding hydrogens is 269 g/mol. The van der Waals surface area contributed by atoms with Gasteiger partial charge in [-0.2, -0.15) is 13.2 Å². The van der Waals surface area contributed by atoms with Crippen LogP contribution in [0.5, 0.6) is 0 Å². The molecule has 0 spiro atoms. The lowest BCUT2D eigenvalue weighted by Gasteiger charge is -2.05. The molecule has 1 aromatic rings. The van der Waals surface area contributed by atoms with Gasteiger partial charge >= 0.3 is 17.9 Å². The van der Waals surface area contributed by atoms with Crippen LogP contribution in [0.2, 0.25) is 0 Å². The van der Waals surface area contributed by atoms with E-state index in [1.807, 2.05) is 0 Å². The molecule has 9 heteroatoms. The zero-order valence-corrected chi connectivity index (χ0v) is 9.94. The summed E-state index contributed by atoms with van der Waals surface area (Å²) in [7, 11) is 0. The van der Waals surface area contributed by atoms with Crippen LogP contribution in [0.25, 0.3) is 0 Å². The summed E-state index contributed by atoms with van der Waals surface area (Å²) in [6.45, 7) is 1.37. The Morgan fingerprint density at radius 3 is 2.68 bits per heavy atom. The summed E-state index contributed by atoms with van der Waals surface area (Å²) in [4.78, 5) is 21.4. The molecular formula is C10H11F3N2O4. The van der Waals surface area contributed by atoms with E-state index in [0.29, 0.717) is 5.82 Å². The van der Waals surface area contributed by atoms with Gasteiger partial charge in [0.25, 0.3) is 0 Å². The average Bonchev–Trinajstić information content (AvgIpc) is 2.63. The largest absolute Gasteiger partial charge is 0.490 e. The van der Waals surface area contributed by atoms with Gasteiger partial charge in [0.05, 0.1) is 6.61 Å². The molecule has 0 aliphatic carbocycles. The van der Waals surface area contributed by atoms with E-state index in [9.17, 15) is 22.8 Å². The van der Waals surface area contributed by atoms with Gasteiger partial charge < -0.3 is 4.74 Å². The minimum Gasteiger partial charge on any atom is -0.459 e. The zero-order chi connectivity index (χ0) is 14.5. The zero-order valence-electron chi connectivity index (χ0n) is 9.94. The Labute approximate surface area is 105 Å². The fraction of sp³-hybridized carbons (Fsp3) is 0.500. The van der Waals surface area contributed by atoms with Crippen molar-refractivity contribution in [3.05, 3.63) is 28.5 Å². The normalized spacial score (nSPS) is 12.0. The van der Waals surface area contributed by atoms with Crippen molar-refractivity contribution in [2.75, 3.05) is 6.61 Å². The first kappa shape index (κ1) is 15.0. The summed E-state index contributed by atoms with van der Waals surface area (Å²) >= 11 is 0. The molecule has 6 nitrogen and oxygen atoms in total. The number of nitrogens with zero attached hydrogens (tertiary/aromatic N) is 2. The van der Waals surface area contributed by atoms with Gasteiger partial charge in [-0.3, -0.25) is 9.09 Å². The van der Waals surface area contributed by atoms with Crippen LogP contribution in [0.15, 0.2) is 21.5 Å². The highest BCUT2D eigenvalue weighted by Crippen LogP contribution is 2.16. The third-order valence-electron chi connectivity index (χ3n) is 2.07. The van der Waals surface area contributed by atoms with E-state index in [-0.39, 0.29) is 19.6 Å². The number of aromatic nitrogens is 2. The number of alkyl halides is 3. The molecule has 0 aliphatic heterocycles. The smallest absolute Gasteiger partial charge is 0.459 e. The molecule has 0 amide bonds. The quantitative estimate of drug-likeness (QED) is 0.460. The molecule has 1 heterocycles. The molecule has 19 heavy (non-hydrogen) atoms. The van der Waals surface area contributed by atoms with Gasteiger partial charge in [-0.05, 0) is 13.3 Å². The highest BCUT2D eigenvalue weighted by atomic mass is 19.4. The molecule has 0 N–H and O–H groups in total.